The molecule has 3 rings (SSSR count). The number of nitrogens with one attached hydrogen (secondary N) is 1. The maximum atomic E-state index is 12.1. The van der Waals surface area contributed by atoms with Crippen molar-refractivity contribution < 1.29 is 9.21 Å². The summed E-state index contributed by atoms with van der Waals surface area (Å²) in [4.78, 5) is 12.1. The van der Waals surface area contributed by atoms with Gasteiger partial charge in [-0.25, -0.2) is 0 Å². The van der Waals surface area contributed by atoms with Crippen LogP contribution in [0, 0.1) is 0 Å². The number of amides is 1. The van der Waals surface area contributed by atoms with Gasteiger partial charge in [-0.3, -0.25) is 9.48 Å². The Kier molecular flexibility index (Phi) is 3.45. The van der Waals surface area contributed by atoms with Gasteiger partial charge in [-0.15, -0.1) is 0 Å². The van der Waals surface area contributed by atoms with Gasteiger partial charge in [-0.2, -0.15) is 5.10 Å². The zero-order chi connectivity index (χ0) is 13.9. The van der Waals surface area contributed by atoms with Gasteiger partial charge in [0, 0.05) is 6.20 Å². The first-order chi connectivity index (χ1) is 9.74. The maximum absolute atomic E-state index is 12.1. The molecule has 6 nitrogen and oxygen atoms in total. The second kappa shape index (κ2) is 5.40. The Morgan fingerprint density at radius 1 is 1.50 bits per heavy atom. The summed E-state index contributed by atoms with van der Waals surface area (Å²) in [5, 5.41) is 7.10. The van der Waals surface area contributed by atoms with Crippen molar-refractivity contribution in [2.24, 2.45) is 0 Å². The van der Waals surface area contributed by atoms with Crippen molar-refractivity contribution >= 4 is 11.6 Å². The standard InChI is InChI=1S/C14H18N4O2/c15-12-9-18(10-4-1-2-5-10)17-13(12)14(19)16-8-11-6-3-7-20-11/h3,6-7,9-10H,1-2,4-5,8,15H2,(H,16,19). The van der Waals surface area contributed by atoms with E-state index in [2.05, 4.69) is 10.4 Å². The van der Waals surface area contributed by atoms with E-state index in [0.29, 0.717) is 29.7 Å². The maximum Gasteiger partial charge on any atom is 0.274 e. The Morgan fingerprint density at radius 3 is 3.00 bits per heavy atom. The Bertz CT molecular complexity index is 582. The molecule has 2 aromatic heterocycles. The lowest BCUT2D eigenvalue weighted by Gasteiger charge is -2.08. The molecule has 106 valence electrons. The molecule has 1 fully saturated rings. The molecule has 0 atom stereocenters. The molecule has 2 heterocycles. The van der Waals surface area contributed by atoms with E-state index >= 15 is 0 Å². The molecule has 1 amide bonds. The van der Waals surface area contributed by atoms with Crippen molar-refractivity contribution in [3.05, 3.63) is 36.0 Å². The van der Waals surface area contributed by atoms with Crippen LogP contribution in [-0.2, 0) is 6.54 Å². The lowest BCUT2D eigenvalue weighted by atomic mass is 10.3. The van der Waals surface area contributed by atoms with Crippen molar-refractivity contribution in [3.63, 3.8) is 0 Å². The van der Waals surface area contributed by atoms with Crippen LogP contribution in [0.1, 0.15) is 48.0 Å². The van der Waals surface area contributed by atoms with Gasteiger partial charge >= 0.3 is 0 Å². The highest BCUT2D eigenvalue weighted by molar-refractivity contribution is 5.96. The van der Waals surface area contributed by atoms with E-state index in [0.717, 1.165) is 12.8 Å². The largest absolute Gasteiger partial charge is 0.467 e. The van der Waals surface area contributed by atoms with E-state index in [1.807, 2.05) is 4.68 Å². The number of anilines is 1. The summed E-state index contributed by atoms with van der Waals surface area (Å²) in [6.45, 7) is 0.335. The van der Waals surface area contributed by atoms with E-state index in [1.165, 1.54) is 12.8 Å². The highest BCUT2D eigenvalue weighted by atomic mass is 16.3. The van der Waals surface area contributed by atoms with Crippen LogP contribution in [0.4, 0.5) is 5.69 Å². The molecule has 1 aliphatic rings. The van der Waals surface area contributed by atoms with E-state index in [4.69, 9.17) is 10.2 Å². The SMILES string of the molecule is Nc1cn(C2CCCC2)nc1C(=O)NCc1ccco1. The van der Waals surface area contributed by atoms with Gasteiger partial charge in [0.2, 0.25) is 0 Å². The molecule has 1 aliphatic carbocycles. The minimum Gasteiger partial charge on any atom is -0.467 e. The molecule has 0 unspecified atom stereocenters. The number of hydrogen-bond donors (Lipinski definition) is 2. The number of furan rings is 1. The fourth-order valence-electron chi connectivity index (χ4n) is 2.60. The number of carbonyl (C=O) groups is 1. The molecule has 0 aliphatic heterocycles. The normalized spacial score (nSPS) is 15.6. The van der Waals surface area contributed by atoms with Gasteiger partial charge in [-0.05, 0) is 25.0 Å². The summed E-state index contributed by atoms with van der Waals surface area (Å²) in [6.07, 6.45) is 7.97. The summed E-state index contributed by atoms with van der Waals surface area (Å²) in [7, 11) is 0. The van der Waals surface area contributed by atoms with Crippen LogP contribution >= 0.6 is 0 Å². The average molecular weight is 274 g/mol. The minimum atomic E-state index is -0.268. The monoisotopic (exact) mass is 274 g/mol. The Balaban J connectivity index is 1.67. The average Bonchev–Trinajstić information content (AvgIpc) is 3.17. The van der Waals surface area contributed by atoms with E-state index < -0.39 is 0 Å². The van der Waals surface area contributed by atoms with Crippen molar-refractivity contribution in [1.29, 1.82) is 0 Å². The zero-order valence-corrected chi connectivity index (χ0v) is 11.2. The van der Waals surface area contributed by atoms with Crippen molar-refractivity contribution in [3.8, 4) is 0 Å². The molecule has 20 heavy (non-hydrogen) atoms. The number of nitrogen functional groups attached to an aromatic ring is 1. The number of nitrogens with two attached hydrogens (primary N) is 1. The third kappa shape index (κ3) is 2.54. The summed E-state index contributed by atoms with van der Waals surface area (Å²) >= 11 is 0. The van der Waals surface area contributed by atoms with Crippen LogP contribution in [-0.4, -0.2) is 15.7 Å². The van der Waals surface area contributed by atoms with Gasteiger partial charge in [0.15, 0.2) is 5.69 Å². The summed E-state index contributed by atoms with van der Waals surface area (Å²) < 4.78 is 7.00. The van der Waals surface area contributed by atoms with Crippen molar-refractivity contribution in [2.45, 2.75) is 38.3 Å². The highest BCUT2D eigenvalue weighted by Gasteiger charge is 2.21. The molecular weight excluding hydrogens is 256 g/mol. The van der Waals surface area contributed by atoms with Gasteiger partial charge < -0.3 is 15.5 Å². The molecule has 3 N–H and O–H groups in total. The number of carbonyl (C=O) groups excluding carboxylic acids is 1. The van der Waals surface area contributed by atoms with Gasteiger partial charge in [0.25, 0.3) is 5.91 Å². The van der Waals surface area contributed by atoms with E-state index in [9.17, 15) is 4.79 Å². The quantitative estimate of drug-likeness (QED) is 0.894. The molecule has 0 radical (unpaired) electrons. The molecule has 2 aromatic rings. The molecule has 0 bridgehead atoms. The Morgan fingerprint density at radius 2 is 2.30 bits per heavy atom. The predicted molar refractivity (Wildman–Crippen MR) is 74.0 cm³/mol. The van der Waals surface area contributed by atoms with E-state index in [1.54, 1.807) is 24.6 Å². The van der Waals surface area contributed by atoms with Crippen LogP contribution in [0.2, 0.25) is 0 Å². The van der Waals surface area contributed by atoms with E-state index in [-0.39, 0.29) is 5.91 Å². The molecule has 1 saturated carbocycles. The number of aromatic nitrogens is 2. The smallest absolute Gasteiger partial charge is 0.274 e. The van der Waals surface area contributed by atoms with Crippen molar-refractivity contribution in [1.82, 2.24) is 15.1 Å². The minimum absolute atomic E-state index is 0.268. The first kappa shape index (κ1) is 12.8. The molecular formula is C14H18N4O2. The first-order valence-corrected chi connectivity index (χ1v) is 6.89. The second-order valence-corrected chi connectivity index (χ2v) is 5.11. The Labute approximate surface area is 116 Å². The van der Waals surface area contributed by atoms with Gasteiger partial charge in [0.05, 0.1) is 24.5 Å². The van der Waals surface area contributed by atoms with Crippen LogP contribution in [0.3, 0.4) is 0 Å². The third-order valence-electron chi connectivity index (χ3n) is 3.68. The van der Waals surface area contributed by atoms with Crippen LogP contribution in [0.5, 0.6) is 0 Å². The predicted octanol–water partition coefficient (Wildman–Crippen LogP) is 2.10. The molecule has 0 spiro atoms. The van der Waals surface area contributed by atoms with Gasteiger partial charge in [0.1, 0.15) is 5.76 Å². The number of rotatable bonds is 4. The summed E-state index contributed by atoms with van der Waals surface area (Å²) in [5.74, 6) is 0.433. The number of nitrogens with zero attached hydrogens (tertiary/aromatic N) is 2. The van der Waals surface area contributed by atoms with Crippen LogP contribution in [0.25, 0.3) is 0 Å². The fourth-order valence-corrected chi connectivity index (χ4v) is 2.60. The topological polar surface area (TPSA) is 86.1 Å². The zero-order valence-electron chi connectivity index (χ0n) is 11.2. The third-order valence-corrected chi connectivity index (χ3v) is 3.68. The lowest BCUT2D eigenvalue weighted by molar-refractivity contribution is 0.0942. The summed E-state index contributed by atoms with van der Waals surface area (Å²) in [6, 6.07) is 3.97. The van der Waals surface area contributed by atoms with Gasteiger partial charge in [-0.1, -0.05) is 12.8 Å². The highest BCUT2D eigenvalue weighted by Crippen LogP contribution is 2.29. The second-order valence-electron chi connectivity index (χ2n) is 5.11. The fraction of sp³-hybridized carbons (Fsp3) is 0.429. The molecule has 0 saturated heterocycles. The Hall–Kier alpha value is -2.24. The molecule has 6 heteroatoms. The first-order valence-electron chi connectivity index (χ1n) is 6.89. The number of hydrogen-bond acceptors (Lipinski definition) is 4. The van der Waals surface area contributed by atoms with Crippen LogP contribution in [0.15, 0.2) is 29.0 Å². The molecule has 0 aromatic carbocycles. The van der Waals surface area contributed by atoms with Crippen molar-refractivity contribution in [2.75, 3.05) is 5.73 Å². The van der Waals surface area contributed by atoms with Crippen LogP contribution < -0.4 is 11.1 Å². The lowest BCUT2D eigenvalue weighted by Crippen LogP contribution is -2.24. The summed E-state index contributed by atoms with van der Waals surface area (Å²) in [5.41, 5.74) is 6.61.